The second-order valence-corrected chi connectivity index (χ2v) is 3.46. The van der Waals surface area contributed by atoms with Gasteiger partial charge in [0.05, 0.1) is 11.3 Å². The average Bonchev–Trinajstić information content (AvgIpc) is 2.76. The van der Waals surface area contributed by atoms with Crippen molar-refractivity contribution in [2.24, 2.45) is 0 Å². The Morgan fingerprint density at radius 1 is 1.41 bits per heavy atom. The molecular weight excluding hydrogens is 218 g/mol. The van der Waals surface area contributed by atoms with E-state index in [-0.39, 0.29) is 5.56 Å². The van der Waals surface area contributed by atoms with Crippen LogP contribution < -0.4 is 5.73 Å². The van der Waals surface area contributed by atoms with Gasteiger partial charge >= 0.3 is 5.97 Å². The van der Waals surface area contributed by atoms with E-state index < -0.39 is 5.97 Å². The smallest absolute Gasteiger partial charge is 0.337 e. The minimum absolute atomic E-state index is 0.0673. The number of carbonyl (C=O) groups is 1. The van der Waals surface area contributed by atoms with Crippen molar-refractivity contribution >= 4 is 11.7 Å². The summed E-state index contributed by atoms with van der Waals surface area (Å²) in [7, 11) is 0. The van der Waals surface area contributed by atoms with Gasteiger partial charge in [0.15, 0.2) is 0 Å². The first kappa shape index (κ1) is 10.8. The number of hydrogen-bond donors (Lipinski definition) is 2. The van der Waals surface area contributed by atoms with Gasteiger partial charge < -0.3 is 15.4 Å². The van der Waals surface area contributed by atoms with Crippen LogP contribution in [0.4, 0.5) is 5.69 Å². The molecule has 1 aromatic heterocycles. The fraction of sp³-hybridized carbons (Fsp3) is 0. The van der Waals surface area contributed by atoms with Crippen molar-refractivity contribution in [2.75, 3.05) is 5.73 Å². The molecule has 0 saturated heterocycles. The van der Waals surface area contributed by atoms with E-state index in [1.54, 1.807) is 30.5 Å². The molecule has 0 unspecified atom stereocenters. The Morgan fingerprint density at radius 2 is 2.18 bits per heavy atom. The molecule has 0 bridgehead atoms. The number of anilines is 1. The number of aromatic nitrogens is 1. The van der Waals surface area contributed by atoms with Gasteiger partial charge in [-0.15, -0.1) is 0 Å². The van der Waals surface area contributed by atoms with Gasteiger partial charge in [-0.2, -0.15) is 5.26 Å². The van der Waals surface area contributed by atoms with Crippen molar-refractivity contribution in [3.8, 4) is 11.8 Å². The second-order valence-electron chi connectivity index (χ2n) is 3.46. The summed E-state index contributed by atoms with van der Waals surface area (Å²) in [6, 6.07) is 9.84. The number of nitrogens with zero attached hydrogens (tertiary/aromatic N) is 2. The van der Waals surface area contributed by atoms with Crippen molar-refractivity contribution in [1.82, 2.24) is 4.57 Å². The number of rotatable bonds is 2. The molecular formula is C12H9N3O2. The number of carboxylic acid groups (broad SMARTS) is 1. The maximum Gasteiger partial charge on any atom is 0.337 e. The van der Waals surface area contributed by atoms with Crippen molar-refractivity contribution in [3.63, 3.8) is 0 Å². The molecule has 0 atom stereocenters. The molecule has 5 nitrogen and oxygen atoms in total. The van der Waals surface area contributed by atoms with E-state index in [0.29, 0.717) is 17.1 Å². The first-order valence-corrected chi connectivity index (χ1v) is 4.84. The van der Waals surface area contributed by atoms with Crippen LogP contribution in [0.5, 0.6) is 0 Å². The highest BCUT2D eigenvalue weighted by Gasteiger charge is 2.13. The molecule has 0 radical (unpaired) electrons. The number of carboxylic acids is 1. The molecule has 0 fully saturated rings. The number of nitriles is 1. The molecule has 1 heterocycles. The summed E-state index contributed by atoms with van der Waals surface area (Å²) in [5, 5.41) is 18.0. The van der Waals surface area contributed by atoms with E-state index >= 15 is 0 Å². The largest absolute Gasteiger partial charge is 0.478 e. The van der Waals surface area contributed by atoms with E-state index in [1.807, 2.05) is 6.07 Å². The fourth-order valence-electron chi connectivity index (χ4n) is 1.62. The highest BCUT2D eigenvalue weighted by molar-refractivity contribution is 5.93. The SMILES string of the molecule is N#Cc1cccn1-c1ccc(N)cc1C(=O)O. The first-order valence-electron chi connectivity index (χ1n) is 4.84. The molecule has 3 N–H and O–H groups in total. The highest BCUT2D eigenvalue weighted by atomic mass is 16.4. The Bertz CT molecular complexity index is 623. The van der Waals surface area contributed by atoms with Crippen LogP contribution in [0.15, 0.2) is 36.5 Å². The van der Waals surface area contributed by atoms with E-state index in [1.165, 1.54) is 10.6 Å². The third-order valence-corrected chi connectivity index (χ3v) is 2.37. The Morgan fingerprint density at radius 3 is 2.82 bits per heavy atom. The van der Waals surface area contributed by atoms with Gasteiger partial charge in [-0.05, 0) is 30.3 Å². The van der Waals surface area contributed by atoms with Gasteiger partial charge in [0.2, 0.25) is 0 Å². The summed E-state index contributed by atoms with van der Waals surface area (Å²) < 4.78 is 1.52. The van der Waals surface area contributed by atoms with Crippen molar-refractivity contribution in [2.45, 2.75) is 0 Å². The molecule has 0 saturated carbocycles. The zero-order valence-electron chi connectivity index (χ0n) is 8.79. The van der Waals surface area contributed by atoms with Gasteiger partial charge in [0, 0.05) is 11.9 Å². The summed E-state index contributed by atoms with van der Waals surface area (Å²) in [4.78, 5) is 11.1. The average molecular weight is 227 g/mol. The Hall–Kier alpha value is -2.74. The van der Waals surface area contributed by atoms with Crippen LogP contribution in [0.1, 0.15) is 16.1 Å². The van der Waals surface area contributed by atoms with Gasteiger partial charge in [-0.1, -0.05) is 0 Å². The quantitative estimate of drug-likeness (QED) is 0.762. The third kappa shape index (κ3) is 1.84. The Labute approximate surface area is 97.3 Å². The molecule has 0 aliphatic carbocycles. The predicted molar refractivity (Wildman–Crippen MR) is 61.9 cm³/mol. The Kier molecular flexibility index (Phi) is 2.55. The topological polar surface area (TPSA) is 92.0 Å². The van der Waals surface area contributed by atoms with Crippen LogP contribution in [-0.4, -0.2) is 15.6 Å². The van der Waals surface area contributed by atoms with Gasteiger partial charge in [0.1, 0.15) is 11.8 Å². The lowest BCUT2D eigenvalue weighted by atomic mass is 10.1. The lowest BCUT2D eigenvalue weighted by Crippen LogP contribution is -2.06. The minimum atomic E-state index is -1.08. The van der Waals surface area contributed by atoms with Crippen molar-refractivity contribution in [3.05, 3.63) is 47.8 Å². The highest BCUT2D eigenvalue weighted by Crippen LogP contribution is 2.20. The molecule has 0 aliphatic heterocycles. The van der Waals surface area contributed by atoms with Crippen LogP contribution in [-0.2, 0) is 0 Å². The van der Waals surface area contributed by atoms with E-state index in [0.717, 1.165) is 0 Å². The fourth-order valence-corrected chi connectivity index (χ4v) is 1.62. The molecule has 17 heavy (non-hydrogen) atoms. The molecule has 2 aromatic rings. The van der Waals surface area contributed by atoms with E-state index in [2.05, 4.69) is 0 Å². The summed E-state index contributed by atoms with van der Waals surface area (Å²) in [5.74, 6) is -1.08. The maximum atomic E-state index is 11.1. The maximum absolute atomic E-state index is 11.1. The molecule has 84 valence electrons. The second kappa shape index (κ2) is 4.02. The summed E-state index contributed by atoms with van der Waals surface area (Å²) in [5.41, 5.74) is 6.79. The van der Waals surface area contributed by atoms with Crippen LogP contribution >= 0.6 is 0 Å². The molecule has 0 spiro atoms. The summed E-state index contributed by atoms with van der Waals surface area (Å²) in [6.07, 6.45) is 1.64. The predicted octanol–water partition coefficient (Wildman–Crippen LogP) is 1.63. The molecule has 2 rings (SSSR count). The van der Waals surface area contributed by atoms with Gasteiger partial charge in [-0.3, -0.25) is 0 Å². The molecule has 5 heteroatoms. The number of aromatic carboxylic acids is 1. The van der Waals surface area contributed by atoms with Crippen molar-refractivity contribution < 1.29 is 9.90 Å². The standard InChI is InChI=1S/C12H9N3O2/c13-7-9-2-1-5-15(9)11-4-3-8(14)6-10(11)12(16)17/h1-6H,14H2,(H,16,17). The van der Waals surface area contributed by atoms with Crippen LogP contribution in [0.3, 0.4) is 0 Å². The normalized spacial score (nSPS) is 9.82. The molecule has 0 amide bonds. The van der Waals surface area contributed by atoms with Gasteiger partial charge in [-0.25, -0.2) is 4.79 Å². The minimum Gasteiger partial charge on any atom is -0.478 e. The zero-order valence-corrected chi connectivity index (χ0v) is 8.79. The van der Waals surface area contributed by atoms with E-state index in [9.17, 15) is 4.79 Å². The van der Waals surface area contributed by atoms with Crippen LogP contribution in [0, 0.1) is 11.3 Å². The summed E-state index contributed by atoms with van der Waals surface area (Å²) >= 11 is 0. The molecule has 1 aromatic carbocycles. The van der Waals surface area contributed by atoms with Crippen molar-refractivity contribution in [1.29, 1.82) is 5.26 Å². The monoisotopic (exact) mass is 227 g/mol. The number of nitrogen functional groups attached to an aromatic ring is 1. The summed E-state index contributed by atoms with van der Waals surface area (Å²) in [6.45, 7) is 0. The number of nitrogens with two attached hydrogens (primary N) is 1. The lowest BCUT2D eigenvalue weighted by molar-refractivity contribution is 0.0697. The lowest BCUT2D eigenvalue weighted by Gasteiger charge is -2.09. The van der Waals surface area contributed by atoms with E-state index in [4.69, 9.17) is 16.1 Å². The number of benzene rings is 1. The Balaban J connectivity index is 2.68. The van der Waals surface area contributed by atoms with Gasteiger partial charge in [0.25, 0.3) is 0 Å². The zero-order chi connectivity index (χ0) is 12.4. The van der Waals surface area contributed by atoms with Crippen LogP contribution in [0.25, 0.3) is 5.69 Å². The first-order chi connectivity index (χ1) is 8.13. The number of hydrogen-bond acceptors (Lipinski definition) is 3. The molecule has 0 aliphatic rings. The third-order valence-electron chi connectivity index (χ3n) is 2.37. The van der Waals surface area contributed by atoms with Crippen LogP contribution in [0.2, 0.25) is 0 Å².